The molecule has 1 aliphatic carbocycles. The van der Waals surface area contributed by atoms with Gasteiger partial charge in [-0.2, -0.15) is 0 Å². The van der Waals surface area contributed by atoms with Crippen LogP contribution in [0.1, 0.15) is 65.7 Å². The molecule has 0 bridgehead atoms. The van der Waals surface area contributed by atoms with Crippen LogP contribution in [-0.2, 0) is 14.4 Å². The lowest BCUT2D eigenvalue weighted by Crippen LogP contribution is -2.47. The van der Waals surface area contributed by atoms with E-state index in [0.29, 0.717) is 18.7 Å². The van der Waals surface area contributed by atoms with Gasteiger partial charge in [-0.25, -0.2) is 9.29 Å². The molecule has 6 heteroatoms. The van der Waals surface area contributed by atoms with Crippen LogP contribution < -0.4 is 4.90 Å². The molecule has 0 aromatic heterocycles. The Morgan fingerprint density at radius 1 is 1.17 bits per heavy atom. The summed E-state index contributed by atoms with van der Waals surface area (Å²) in [6.07, 6.45) is 7.67. The third-order valence-electron chi connectivity index (χ3n) is 5.64. The summed E-state index contributed by atoms with van der Waals surface area (Å²) in [5, 5.41) is 0. The number of allylic oxidation sites excluding steroid dienone is 1. The standard InChI is InChI=1S/C24H31FN2O3/c1-24(2,3)16-22(29)26(14-13-17-7-5-4-6-8-17)20-15-21(28)27(23(20)30)19-11-9-18(25)10-12-19/h7,9-12,20H,4-6,8,13-16H2,1-3H3. The van der Waals surface area contributed by atoms with Gasteiger partial charge in [0.2, 0.25) is 11.8 Å². The molecule has 3 rings (SSSR count). The molecule has 30 heavy (non-hydrogen) atoms. The number of hydrogen-bond acceptors (Lipinski definition) is 3. The molecular weight excluding hydrogens is 383 g/mol. The van der Waals surface area contributed by atoms with Crippen LogP contribution in [0.2, 0.25) is 0 Å². The van der Waals surface area contributed by atoms with Crippen molar-refractivity contribution in [2.24, 2.45) is 5.41 Å². The number of amides is 3. The lowest BCUT2D eigenvalue weighted by molar-refractivity contribution is -0.139. The highest BCUT2D eigenvalue weighted by Gasteiger charge is 2.44. The predicted molar refractivity (Wildman–Crippen MR) is 114 cm³/mol. The summed E-state index contributed by atoms with van der Waals surface area (Å²) >= 11 is 0. The van der Waals surface area contributed by atoms with Gasteiger partial charge in [0.15, 0.2) is 0 Å². The Labute approximate surface area is 177 Å². The second-order valence-corrected chi connectivity index (χ2v) is 9.45. The van der Waals surface area contributed by atoms with Gasteiger partial charge in [0.25, 0.3) is 5.91 Å². The van der Waals surface area contributed by atoms with Crippen LogP contribution in [-0.4, -0.2) is 35.2 Å². The van der Waals surface area contributed by atoms with Crippen LogP contribution in [0.3, 0.4) is 0 Å². The largest absolute Gasteiger partial charge is 0.330 e. The van der Waals surface area contributed by atoms with Gasteiger partial charge in [0.1, 0.15) is 11.9 Å². The van der Waals surface area contributed by atoms with Crippen LogP contribution in [0, 0.1) is 11.2 Å². The number of anilines is 1. The second kappa shape index (κ2) is 9.11. The maximum Gasteiger partial charge on any atom is 0.257 e. The molecule has 1 unspecified atom stereocenters. The summed E-state index contributed by atoms with van der Waals surface area (Å²) < 4.78 is 13.3. The van der Waals surface area contributed by atoms with E-state index in [1.807, 2.05) is 20.8 Å². The molecule has 1 aromatic carbocycles. The Hall–Kier alpha value is -2.50. The first-order valence-electron chi connectivity index (χ1n) is 10.8. The van der Waals surface area contributed by atoms with Gasteiger partial charge >= 0.3 is 0 Å². The van der Waals surface area contributed by atoms with Gasteiger partial charge in [0, 0.05) is 13.0 Å². The normalized spacial score (nSPS) is 19.8. The maximum absolute atomic E-state index is 13.3. The van der Waals surface area contributed by atoms with Crippen molar-refractivity contribution in [3.05, 3.63) is 41.7 Å². The van der Waals surface area contributed by atoms with Gasteiger partial charge in [0.05, 0.1) is 12.1 Å². The van der Waals surface area contributed by atoms with E-state index >= 15 is 0 Å². The SMILES string of the molecule is CC(C)(C)CC(=O)N(CCC1=CCCCC1)C1CC(=O)N(c2ccc(F)cc2)C1=O. The highest BCUT2D eigenvalue weighted by Crippen LogP contribution is 2.29. The summed E-state index contributed by atoms with van der Waals surface area (Å²) in [6, 6.07) is 4.48. The van der Waals surface area contributed by atoms with Crippen LogP contribution >= 0.6 is 0 Å². The van der Waals surface area contributed by atoms with E-state index in [1.54, 1.807) is 4.90 Å². The average molecular weight is 415 g/mol. The van der Waals surface area contributed by atoms with Crippen LogP contribution in [0.15, 0.2) is 35.9 Å². The molecule has 1 heterocycles. The topological polar surface area (TPSA) is 57.7 Å². The number of benzene rings is 1. The van der Waals surface area contributed by atoms with E-state index in [0.717, 1.165) is 30.6 Å². The first-order valence-corrected chi connectivity index (χ1v) is 10.8. The lowest BCUT2D eigenvalue weighted by atomic mass is 9.91. The lowest BCUT2D eigenvalue weighted by Gasteiger charge is -2.31. The third-order valence-corrected chi connectivity index (χ3v) is 5.64. The minimum Gasteiger partial charge on any atom is -0.330 e. The Morgan fingerprint density at radius 3 is 2.47 bits per heavy atom. The first-order chi connectivity index (χ1) is 14.2. The number of imide groups is 1. The maximum atomic E-state index is 13.3. The Balaban J connectivity index is 1.81. The number of nitrogens with zero attached hydrogens (tertiary/aromatic N) is 2. The van der Waals surface area contributed by atoms with Crippen molar-refractivity contribution in [2.45, 2.75) is 71.8 Å². The Bertz CT molecular complexity index is 839. The molecular formula is C24H31FN2O3. The van der Waals surface area contributed by atoms with Crippen molar-refractivity contribution in [3.63, 3.8) is 0 Å². The number of rotatable bonds is 6. The summed E-state index contributed by atoms with van der Waals surface area (Å²) in [5.41, 5.74) is 1.44. The average Bonchev–Trinajstić information content (AvgIpc) is 2.96. The molecule has 0 N–H and O–H groups in total. The minimum atomic E-state index is -0.804. The van der Waals surface area contributed by atoms with Crippen LogP contribution in [0.5, 0.6) is 0 Å². The summed E-state index contributed by atoms with van der Waals surface area (Å²) in [4.78, 5) is 41.6. The van der Waals surface area contributed by atoms with Crippen molar-refractivity contribution in [3.8, 4) is 0 Å². The smallest absolute Gasteiger partial charge is 0.257 e. The van der Waals surface area contributed by atoms with Gasteiger partial charge in [-0.1, -0.05) is 32.4 Å². The number of hydrogen-bond donors (Lipinski definition) is 0. The number of halogens is 1. The molecule has 3 amide bonds. The zero-order valence-electron chi connectivity index (χ0n) is 18.1. The van der Waals surface area contributed by atoms with Gasteiger partial charge in [-0.15, -0.1) is 0 Å². The van der Waals surface area contributed by atoms with Crippen molar-refractivity contribution in [2.75, 3.05) is 11.4 Å². The quantitative estimate of drug-likeness (QED) is 0.504. The minimum absolute atomic E-state index is 0.0366. The van der Waals surface area contributed by atoms with E-state index in [4.69, 9.17) is 0 Å². The van der Waals surface area contributed by atoms with Crippen molar-refractivity contribution < 1.29 is 18.8 Å². The van der Waals surface area contributed by atoms with E-state index in [9.17, 15) is 18.8 Å². The molecule has 0 saturated carbocycles. The number of carbonyl (C=O) groups excluding carboxylic acids is 3. The predicted octanol–water partition coefficient (Wildman–Crippen LogP) is 4.61. The zero-order chi connectivity index (χ0) is 21.9. The second-order valence-electron chi connectivity index (χ2n) is 9.45. The van der Waals surface area contributed by atoms with Crippen LogP contribution in [0.25, 0.3) is 0 Å². The molecule has 1 saturated heterocycles. The molecule has 1 fully saturated rings. The van der Waals surface area contributed by atoms with Crippen molar-refractivity contribution in [1.29, 1.82) is 0 Å². The molecule has 5 nitrogen and oxygen atoms in total. The van der Waals surface area contributed by atoms with Gasteiger partial charge in [-0.3, -0.25) is 14.4 Å². The molecule has 1 aliphatic heterocycles. The van der Waals surface area contributed by atoms with E-state index in [2.05, 4.69) is 6.08 Å². The van der Waals surface area contributed by atoms with Crippen LogP contribution in [0.4, 0.5) is 10.1 Å². The first kappa shape index (κ1) is 22.2. The van der Waals surface area contributed by atoms with Gasteiger partial charge in [-0.05, 0) is 61.8 Å². The zero-order valence-corrected chi connectivity index (χ0v) is 18.1. The van der Waals surface area contributed by atoms with E-state index in [1.165, 1.54) is 36.3 Å². The highest BCUT2D eigenvalue weighted by atomic mass is 19.1. The third kappa shape index (κ3) is 5.35. The molecule has 0 spiro atoms. The molecule has 2 aliphatic rings. The summed E-state index contributed by atoms with van der Waals surface area (Å²) in [7, 11) is 0. The monoisotopic (exact) mass is 414 g/mol. The fourth-order valence-electron chi connectivity index (χ4n) is 4.13. The van der Waals surface area contributed by atoms with E-state index < -0.39 is 17.8 Å². The molecule has 1 aromatic rings. The number of carbonyl (C=O) groups is 3. The highest BCUT2D eigenvalue weighted by molar-refractivity contribution is 6.23. The Morgan fingerprint density at radius 2 is 1.87 bits per heavy atom. The fourth-order valence-corrected chi connectivity index (χ4v) is 4.13. The molecule has 0 radical (unpaired) electrons. The molecule has 1 atom stereocenters. The molecule has 162 valence electrons. The van der Waals surface area contributed by atoms with E-state index in [-0.39, 0.29) is 23.7 Å². The fraction of sp³-hybridized carbons (Fsp3) is 0.542. The Kier molecular flexibility index (Phi) is 6.74. The summed E-state index contributed by atoms with van der Waals surface area (Å²) in [6.45, 7) is 6.39. The van der Waals surface area contributed by atoms with Crippen molar-refractivity contribution in [1.82, 2.24) is 4.90 Å². The summed E-state index contributed by atoms with van der Waals surface area (Å²) in [5.74, 6) is -1.31. The van der Waals surface area contributed by atoms with Crippen molar-refractivity contribution >= 4 is 23.4 Å². The van der Waals surface area contributed by atoms with Gasteiger partial charge < -0.3 is 4.90 Å².